The highest BCUT2D eigenvalue weighted by Gasteiger charge is 2.31. The van der Waals surface area contributed by atoms with Crippen LogP contribution in [0.15, 0.2) is 90.1 Å². The number of aromatic amines is 1. The van der Waals surface area contributed by atoms with Crippen LogP contribution in [0.1, 0.15) is 48.3 Å². The Morgan fingerprint density at radius 2 is 1.68 bits per heavy atom. The Morgan fingerprint density at radius 3 is 2.45 bits per heavy atom. The molecule has 1 aliphatic heterocycles. The summed E-state index contributed by atoms with van der Waals surface area (Å²) in [7, 11) is 0. The molecule has 3 aromatic heterocycles. The SMILES string of the molecule is O=c1c2ccc(C3CC3)cc2ccn1-c1cccc(-c2ncnc3[nH]c(-c4ccc(CN5CCN(C6CC6)CC5)cc4)cc23)c1CO. The van der Waals surface area contributed by atoms with Crippen LogP contribution in [0.4, 0.5) is 0 Å². The molecule has 0 unspecified atom stereocenters. The van der Waals surface area contributed by atoms with Crippen LogP contribution in [0.25, 0.3) is 50.0 Å². The van der Waals surface area contributed by atoms with E-state index in [2.05, 4.69) is 62.2 Å². The zero-order valence-corrected chi connectivity index (χ0v) is 26.4. The summed E-state index contributed by atoms with van der Waals surface area (Å²) in [6.45, 7) is 5.37. The lowest BCUT2D eigenvalue weighted by Gasteiger charge is -2.34. The summed E-state index contributed by atoms with van der Waals surface area (Å²) in [4.78, 5) is 31.7. The summed E-state index contributed by atoms with van der Waals surface area (Å²) < 4.78 is 1.64. The molecule has 6 aromatic rings. The van der Waals surface area contributed by atoms with Crippen molar-refractivity contribution in [1.82, 2.24) is 29.3 Å². The maximum absolute atomic E-state index is 13.7. The van der Waals surface area contributed by atoms with Crippen molar-refractivity contribution in [3.05, 3.63) is 112 Å². The Kier molecular flexibility index (Phi) is 7.03. The molecule has 3 fully saturated rings. The van der Waals surface area contributed by atoms with Crippen molar-refractivity contribution >= 4 is 21.8 Å². The number of aliphatic hydroxyl groups is 1. The van der Waals surface area contributed by atoms with Gasteiger partial charge in [-0.25, -0.2) is 9.97 Å². The number of rotatable bonds is 8. The van der Waals surface area contributed by atoms with Gasteiger partial charge in [-0.1, -0.05) is 48.5 Å². The highest BCUT2D eigenvalue weighted by molar-refractivity contribution is 5.95. The van der Waals surface area contributed by atoms with Crippen molar-refractivity contribution in [2.24, 2.45) is 0 Å². The third kappa shape index (κ3) is 5.36. The van der Waals surface area contributed by atoms with Gasteiger partial charge in [0.2, 0.25) is 0 Å². The van der Waals surface area contributed by atoms with E-state index < -0.39 is 0 Å². The van der Waals surface area contributed by atoms with E-state index in [1.54, 1.807) is 10.9 Å². The first kappa shape index (κ1) is 28.6. The van der Waals surface area contributed by atoms with E-state index in [1.807, 2.05) is 36.5 Å². The first-order valence-electron chi connectivity index (χ1n) is 16.9. The van der Waals surface area contributed by atoms with Gasteiger partial charge < -0.3 is 10.1 Å². The van der Waals surface area contributed by atoms with Crippen molar-refractivity contribution in [2.75, 3.05) is 26.2 Å². The van der Waals surface area contributed by atoms with Crippen LogP contribution in [0, 0.1) is 0 Å². The van der Waals surface area contributed by atoms with E-state index in [-0.39, 0.29) is 12.2 Å². The molecule has 2 saturated carbocycles. The van der Waals surface area contributed by atoms with Gasteiger partial charge in [-0.2, -0.15) is 0 Å². The van der Waals surface area contributed by atoms with Crippen LogP contribution >= 0.6 is 0 Å². The number of H-pyrrole nitrogens is 1. The number of hydrogen-bond acceptors (Lipinski definition) is 6. The number of piperazine rings is 1. The second-order valence-electron chi connectivity index (χ2n) is 13.5. The molecule has 0 amide bonds. The minimum absolute atomic E-state index is 0.0996. The summed E-state index contributed by atoms with van der Waals surface area (Å²) in [5, 5.41) is 13.2. The second-order valence-corrected chi connectivity index (χ2v) is 13.5. The lowest BCUT2D eigenvalue weighted by atomic mass is 10.00. The van der Waals surface area contributed by atoms with Crippen molar-refractivity contribution < 1.29 is 5.11 Å². The van der Waals surface area contributed by atoms with Gasteiger partial charge >= 0.3 is 0 Å². The van der Waals surface area contributed by atoms with E-state index in [9.17, 15) is 9.90 Å². The molecule has 2 N–H and O–H groups in total. The van der Waals surface area contributed by atoms with Gasteiger partial charge in [-0.15, -0.1) is 0 Å². The average molecular weight is 623 g/mol. The number of nitrogens with zero attached hydrogens (tertiary/aromatic N) is 5. The molecule has 3 aromatic carbocycles. The molecule has 0 radical (unpaired) electrons. The van der Waals surface area contributed by atoms with Crippen LogP contribution in [0.2, 0.25) is 0 Å². The Labute approximate surface area is 273 Å². The molecule has 0 bridgehead atoms. The monoisotopic (exact) mass is 622 g/mol. The van der Waals surface area contributed by atoms with Gasteiger partial charge in [-0.05, 0) is 77.9 Å². The molecular formula is C39H38N6O2. The summed E-state index contributed by atoms with van der Waals surface area (Å²) in [6, 6.07) is 25.7. The third-order valence-electron chi connectivity index (χ3n) is 10.4. The van der Waals surface area contributed by atoms with E-state index in [0.29, 0.717) is 28.2 Å². The highest BCUT2D eigenvalue weighted by atomic mass is 16.3. The number of aromatic nitrogens is 4. The predicted molar refractivity (Wildman–Crippen MR) is 186 cm³/mol. The third-order valence-corrected chi connectivity index (χ3v) is 10.4. The topological polar surface area (TPSA) is 90.3 Å². The zero-order valence-electron chi connectivity index (χ0n) is 26.4. The minimum Gasteiger partial charge on any atom is -0.392 e. The normalized spacial score (nSPS) is 17.6. The number of aliphatic hydroxyl groups excluding tert-OH is 1. The maximum Gasteiger partial charge on any atom is 0.262 e. The molecule has 47 heavy (non-hydrogen) atoms. The smallest absolute Gasteiger partial charge is 0.262 e. The minimum atomic E-state index is -0.240. The van der Waals surface area contributed by atoms with Crippen LogP contribution in [0.3, 0.4) is 0 Å². The van der Waals surface area contributed by atoms with E-state index in [0.717, 1.165) is 58.9 Å². The van der Waals surface area contributed by atoms with Gasteiger partial charge in [0.15, 0.2) is 0 Å². The number of pyridine rings is 1. The number of nitrogens with one attached hydrogen (secondary N) is 1. The van der Waals surface area contributed by atoms with Crippen molar-refractivity contribution in [3.63, 3.8) is 0 Å². The maximum atomic E-state index is 13.7. The fraction of sp³-hybridized carbons (Fsp3) is 0.308. The van der Waals surface area contributed by atoms with Crippen molar-refractivity contribution in [2.45, 2.75) is 50.8 Å². The van der Waals surface area contributed by atoms with Gasteiger partial charge in [-0.3, -0.25) is 19.2 Å². The summed E-state index contributed by atoms with van der Waals surface area (Å²) in [5.41, 5.74) is 8.09. The summed E-state index contributed by atoms with van der Waals surface area (Å²) >= 11 is 0. The Morgan fingerprint density at radius 1 is 0.851 bits per heavy atom. The molecule has 0 atom stereocenters. The first-order valence-corrected chi connectivity index (χ1v) is 16.9. The number of benzene rings is 3. The number of fused-ring (bicyclic) bond motifs is 2. The van der Waals surface area contributed by atoms with Gasteiger partial charge in [0.25, 0.3) is 5.56 Å². The Balaban J connectivity index is 1.01. The Bertz CT molecular complexity index is 2170. The van der Waals surface area contributed by atoms with Crippen molar-refractivity contribution in [3.8, 4) is 28.2 Å². The van der Waals surface area contributed by atoms with Crippen LogP contribution < -0.4 is 5.56 Å². The zero-order chi connectivity index (χ0) is 31.5. The molecule has 1 saturated heterocycles. The van der Waals surface area contributed by atoms with E-state index in [4.69, 9.17) is 4.98 Å². The lowest BCUT2D eigenvalue weighted by molar-refractivity contribution is 0.121. The fourth-order valence-corrected chi connectivity index (χ4v) is 7.40. The lowest BCUT2D eigenvalue weighted by Crippen LogP contribution is -2.46. The molecule has 8 heteroatoms. The average Bonchev–Trinajstić information content (AvgIpc) is 4.06. The van der Waals surface area contributed by atoms with Crippen molar-refractivity contribution in [1.29, 1.82) is 0 Å². The quantitative estimate of drug-likeness (QED) is 0.209. The van der Waals surface area contributed by atoms with Gasteiger partial charge in [0.1, 0.15) is 12.0 Å². The predicted octanol–water partition coefficient (Wildman–Crippen LogP) is 6.25. The van der Waals surface area contributed by atoms with E-state index >= 15 is 0 Å². The summed E-state index contributed by atoms with van der Waals surface area (Å²) in [6.07, 6.45) is 8.58. The van der Waals surface area contributed by atoms with Crippen LogP contribution in [-0.2, 0) is 13.2 Å². The molecule has 3 aliphatic rings. The van der Waals surface area contributed by atoms with Crippen LogP contribution in [-0.4, -0.2) is 66.6 Å². The second kappa shape index (κ2) is 11.6. The Hall–Kier alpha value is -4.63. The van der Waals surface area contributed by atoms with Gasteiger partial charge in [0.05, 0.1) is 18.0 Å². The first-order chi connectivity index (χ1) is 23.1. The molecule has 9 rings (SSSR count). The molecule has 8 nitrogen and oxygen atoms in total. The van der Waals surface area contributed by atoms with E-state index in [1.165, 1.54) is 49.9 Å². The molecule has 2 aliphatic carbocycles. The molecular weight excluding hydrogens is 584 g/mol. The number of hydrogen-bond donors (Lipinski definition) is 2. The fourth-order valence-electron chi connectivity index (χ4n) is 7.40. The molecule has 236 valence electrons. The highest BCUT2D eigenvalue weighted by Crippen LogP contribution is 2.41. The van der Waals surface area contributed by atoms with Crippen LogP contribution in [0.5, 0.6) is 0 Å². The van der Waals surface area contributed by atoms with Gasteiger partial charge in [0, 0.05) is 72.6 Å². The largest absolute Gasteiger partial charge is 0.392 e. The molecule has 4 heterocycles. The standard InChI is InChI=1S/C39H38N6O2/c46-23-34-32(2-1-3-36(34)45-15-14-29-20-28(26-8-9-26)10-13-31(29)39(45)47)37-33-21-35(42-38(33)41-24-40-37)27-6-4-25(5-7-27)22-43-16-18-44(19-17-43)30-11-12-30/h1-7,10,13-15,20-21,24,26,30,46H,8-9,11-12,16-19,22-23H2,(H,40,41,42). The summed E-state index contributed by atoms with van der Waals surface area (Å²) in [5.74, 6) is 0.625. The molecule has 0 spiro atoms.